The number of hydrogen-bond donors (Lipinski definition) is 0. The van der Waals surface area contributed by atoms with E-state index in [2.05, 4.69) is 27.6 Å². The van der Waals surface area contributed by atoms with Gasteiger partial charge in [-0.25, -0.2) is 4.98 Å². The van der Waals surface area contributed by atoms with E-state index in [0.29, 0.717) is 16.7 Å². The Morgan fingerprint density at radius 3 is 2.45 bits per heavy atom. The summed E-state index contributed by atoms with van der Waals surface area (Å²) in [5, 5.41) is 12.0. The second-order valence-corrected chi connectivity index (χ2v) is 7.51. The maximum absolute atomic E-state index is 13.4. The van der Waals surface area contributed by atoms with Crippen LogP contribution in [0.1, 0.15) is 11.4 Å². The third-order valence-corrected chi connectivity index (χ3v) is 5.07. The van der Waals surface area contributed by atoms with Gasteiger partial charge in [-0.3, -0.25) is 19.5 Å². The molecule has 0 aliphatic carbocycles. The highest BCUT2D eigenvalue weighted by molar-refractivity contribution is 14.1. The van der Waals surface area contributed by atoms with Crippen molar-refractivity contribution in [3.8, 4) is 5.69 Å². The van der Waals surface area contributed by atoms with Crippen molar-refractivity contribution >= 4 is 51.3 Å². The van der Waals surface area contributed by atoms with Crippen LogP contribution in [0.4, 0.5) is 5.69 Å². The van der Waals surface area contributed by atoms with Gasteiger partial charge in [0, 0.05) is 9.64 Å². The van der Waals surface area contributed by atoms with Gasteiger partial charge in [0.05, 0.1) is 15.8 Å². The summed E-state index contributed by atoms with van der Waals surface area (Å²) in [7, 11) is 0. The van der Waals surface area contributed by atoms with Crippen LogP contribution in [0.3, 0.4) is 0 Å². The van der Waals surface area contributed by atoms with Crippen LogP contribution in [-0.4, -0.2) is 14.5 Å². The fraction of sp³-hybridized carbons (Fsp3) is 0. The first kappa shape index (κ1) is 19.0. The molecule has 3 aromatic carbocycles. The van der Waals surface area contributed by atoms with Gasteiger partial charge in [-0.2, -0.15) is 0 Å². The molecule has 1 heterocycles. The van der Waals surface area contributed by atoms with E-state index in [1.54, 1.807) is 36.4 Å². The monoisotopic (exact) mass is 495 g/mol. The van der Waals surface area contributed by atoms with Crippen molar-refractivity contribution in [3.05, 3.63) is 108 Å². The van der Waals surface area contributed by atoms with E-state index in [-0.39, 0.29) is 16.9 Å². The van der Waals surface area contributed by atoms with Gasteiger partial charge in [-0.05, 0) is 58.5 Å². The molecule has 4 aromatic rings. The van der Waals surface area contributed by atoms with Crippen LogP contribution in [0, 0.1) is 13.7 Å². The Labute approximate surface area is 179 Å². The number of nitro groups is 1. The average molecular weight is 495 g/mol. The Hall–Kier alpha value is -3.33. The van der Waals surface area contributed by atoms with Gasteiger partial charge in [-0.15, -0.1) is 0 Å². The first-order valence-electron chi connectivity index (χ1n) is 8.74. The normalized spacial score (nSPS) is 11.2. The molecule has 142 valence electrons. The quantitative estimate of drug-likeness (QED) is 0.225. The summed E-state index contributed by atoms with van der Waals surface area (Å²) in [6, 6.07) is 21.1. The van der Waals surface area contributed by atoms with Crippen molar-refractivity contribution in [1.82, 2.24) is 9.55 Å². The standard InChI is InChI=1S/C22H14IN3O3/c23-16-11-12-18-17(14-16)22(27)25(19-8-4-5-9-20(19)26(28)29)21(24-18)13-10-15-6-2-1-3-7-15/h1-14H/b13-10+. The molecule has 7 heteroatoms. The zero-order valence-corrected chi connectivity index (χ0v) is 17.2. The van der Waals surface area contributed by atoms with E-state index < -0.39 is 4.92 Å². The van der Waals surface area contributed by atoms with Crippen molar-refractivity contribution in [2.75, 3.05) is 0 Å². The van der Waals surface area contributed by atoms with Crippen LogP contribution < -0.4 is 5.56 Å². The molecule has 0 N–H and O–H groups in total. The number of aromatic nitrogens is 2. The van der Waals surface area contributed by atoms with Gasteiger partial charge in [0.15, 0.2) is 0 Å². The van der Waals surface area contributed by atoms with Crippen LogP contribution >= 0.6 is 22.6 Å². The van der Waals surface area contributed by atoms with Gasteiger partial charge < -0.3 is 0 Å². The predicted molar refractivity (Wildman–Crippen MR) is 122 cm³/mol. The highest BCUT2D eigenvalue weighted by Gasteiger charge is 2.19. The Morgan fingerprint density at radius 1 is 0.966 bits per heavy atom. The molecular weight excluding hydrogens is 481 g/mol. The van der Waals surface area contributed by atoms with E-state index in [1.165, 1.54) is 10.6 Å². The molecular formula is C22H14IN3O3. The van der Waals surface area contributed by atoms with Crippen molar-refractivity contribution < 1.29 is 4.92 Å². The summed E-state index contributed by atoms with van der Waals surface area (Å²) in [5.74, 6) is 0.321. The molecule has 0 unspecified atom stereocenters. The molecule has 0 fully saturated rings. The number of fused-ring (bicyclic) bond motifs is 1. The summed E-state index contributed by atoms with van der Waals surface area (Å²) < 4.78 is 2.19. The topological polar surface area (TPSA) is 78.0 Å². The smallest absolute Gasteiger partial charge is 0.268 e. The highest BCUT2D eigenvalue weighted by Crippen LogP contribution is 2.24. The minimum atomic E-state index is -0.495. The first-order valence-corrected chi connectivity index (χ1v) is 9.82. The van der Waals surface area contributed by atoms with Crippen molar-refractivity contribution in [3.63, 3.8) is 0 Å². The van der Waals surface area contributed by atoms with Gasteiger partial charge in [0.25, 0.3) is 11.2 Å². The van der Waals surface area contributed by atoms with E-state index >= 15 is 0 Å². The number of para-hydroxylation sites is 2. The second kappa shape index (κ2) is 7.96. The Morgan fingerprint density at radius 2 is 1.69 bits per heavy atom. The molecule has 0 amide bonds. The summed E-state index contributed by atoms with van der Waals surface area (Å²) in [5.41, 5.74) is 1.14. The fourth-order valence-electron chi connectivity index (χ4n) is 3.06. The average Bonchev–Trinajstić information content (AvgIpc) is 2.73. The van der Waals surface area contributed by atoms with E-state index in [4.69, 9.17) is 0 Å². The molecule has 1 aromatic heterocycles. The number of hydrogen-bond acceptors (Lipinski definition) is 4. The summed E-state index contributed by atoms with van der Waals surface area (Å²) in [6.45, 7) is 0. The van der Waals surface area contributed by atoms with Crippen molar-refractivity contribution in [2.45, 2.75) is 0 Å². The highest BCUT2D eigenvalue weighted by atomic mass is 127. The van der Waals surface area contributed by atoms with Gasteiger partial charge in [-0.1, -0.05) is 48.5 Å². The predicted octanol–water partition coefficient (Wildman–Crippen LogP) is 5.07. The zero-order chi connectivity index (χ0) is 20.4. The lowest BCUT2D eigenvalue weighted by Crippen LogP contribution is -2.23. The Bertz CT molecular complexity index is 1310. The number of nitrogens with zero attached hydrogens (tertiary/aromatic N) is 3. The lowest BCUT2D eigenvalue weighted by Gasteiger charge is -2.12. The van der Waals surface area contributed by atoms with E-state index in [9.17, 15) is 14.9 Å². The molecule has 0 aliphatic rings. The molecule has 0 saturated heterocycles. The minimum absolute atomic E-state index is 0.157. The Balaban J connectivity index is 2.03. The summed E-state index contributed by atoms with van der Waals surface area (Å²) in [4.78, 5) is 29.0. The lowest BCUT2D eigenvalue weighted by atomic mass is 10.2. The molecule has 6 nitrogen and oxygen atoms in total. The molecule has 0 spiro atoms. The molecule has 0 radical (unpaired) electrons. The van der Waals surface area contributed by atoms with Crippen molar-refractivity contribution in [2.24, 2.45) is 0 Å². The lowest BCUT2D eigenvalue weighted by molar-refractivity contribution is -0.384. The summed E-state index contributed by atoms with van der Waals surface area (Å²) >= 11 is 2.12. The van der Waals surface area contributed by atoms with Crippen molar-refractivity contribution in [1.29, 1.82) is 0 Å². The molecule has 0 aliphatic heterocycles. The molecule has 0 bridgehead atoms. The van der Waals surface area contributed by atoms with Crippen LogP contribution in [0.2, 0.25) is 0 Å². The molecule has 0 atom stereocenters. The third kappa shape index (κ3) is 3.81. The molecule has 4 rings (SSSR count). The van der Waals surface area contributed by atoms with Gasteiger partial charge >= 0.3 is 0 Å². The number of benzene rings is 3. The maximum atomic E-state index is 13.4. The van der Waals surface area contributed by atoms with Crippen LogP contribution in [-0.2, 0) is 0 Å². The Kier molecular flexibility index (Phi) is 5.22. The molecule has 0 saturated carbocycles. The van der Waals surface area contributed by atoms with E-state index in [0.717, 1.165) is 9.13 Å². The van der Waals surface area contributed by atoms with Gasteiger partial charge in [0.2, 0.25) is 0 Å². The maximum Gasteiger partial charge on any atom is 0.293 e. The first-order chi connectivity index (χ1) is 14.0. The largest absolute Gasteiger partial charge is 0.293 e. The second-order valence-electron chi connectivity index (χ2n) is 6.26. The fourth-order valence-corrected chi connectivity index (χ4v) is 3.55. The molecule has 29 heavy (non-hydrogen) atoms. The zero-order valence-electron chi connectivity index (χ0n) is 15.0. The van der Waals surface area contributed by atoms with Crippen LogP contribution in [0.5, 0.6) is 0 Å². The number of nitro benzene ring substituents is 1. The van der Waals surface area contributed by atoms with Gasteiger partial charge in [0.1, 0.15) is 11.5 Å². The number of rotatable bonds is 4. The van der Waals surface area contributed by atoms with Crippen LogP contribution in [0.15, 0.2) is 77.6 Å². The van der Waals surface area contributed by atoms with E-state index in [1.807, 2.05) is 42.5 Å². The van der Waals surface area contributed by atoms with Crippen LogP contribution in [0.25, 0.3) is 28.7 Å². The third-order valence-electron chi connectivity index (χ3n) is 4.40. The minimum Gasteiger partial charge on any atom is -0.268 e. The summed E-state index contributed by atoms with van der Waals surface area (Å²) in [6.07, 6.45) is 3.52. The SMILES string of the molecule is O=c1c2cc(I)ccc2nc(/C=C/c2ccccc2)n1-c1ccccc1[N+](=O)[O-]. The number of halogens is 1.